The third-order valence-corrected chi connectivity index (χ3v) is 4.92. The second-order valence-electron chi connectivity index (χ2n) is 7.54. The Balaban J connectivity index is 1.87. The third-order valence-electron chi connectivity index (χ3n) is 4.92. The summed E-state index contributed by atoms with van der Waals surface area (Å²) in [4.78, 5) is 35.9. The molecule has 2 aromatic carbocycles. The monoisotopic (exact) mass is 402 g/mol. The van der Waals surface area contributed by atoms with E-state index in [1.165, 1.54) is 22.9 Å². The van der Waals surface area contributed by atoms with Crippen LogP contribution in [0.15, 0.2) is 67.0 Å². The standard InChI is InChI=1S/C24H26N4O2/c1-16(2)18-10-12-20(13-11-18)27-23(29)22(19-8-6-5-7-9-19)28(4)24(30)21-15-25-17(3)14-26-21/h5-16,22H,1-4H3,(H,27,29)/t22-/m0/s1. The van der Waals surface area contributed by atoms with Gasteiger partial charge in [0, 0.05) is 18.9 Å². The fraction of sp³-hybridized carbons (Fsp3) is 0.250. The van der Waals surface area contributed by atoms with Crippen LogP contribution in [0.25, 0.3) is 0 Å². The number of hydrogen-bond donors (Lipinski definition) is 1. The maximum Gasteiger partial charge on any atom is 0.274 e. The number of anilines is 1. The smallest absolute Gasteiger partial charge is 0.274 e. The van der Waals surface area contributed by atoms with Crippen LogP contribution in [0.2, 0.25) is 0 Å². The van der Waals surface area contributed by atoms with Gasteiger partial charge in [-0.3, -0.25) is 14.6 Å². The van der Waals surface area contributed by atoms with E-state index in [-0.39, 0.29) is 17.5 Å². The largest absolute Gasteiger partial charge is 0.324 e. The van der Waals surface area contributed by atoms with Crippen LogP contribution in [0, 0.1) is 6.92 Å². The predicted molar refractivity (Wildman–Crippen MR) is 117 cm³/mol. The van der Waals surface area contributed by atoms with E-state index in [0.717, 1.165) is 5.69 Å². The average Bonchev–Trinajstić information content (AvgIpc) is 2.75. The van der Waals surface area contributed by atoms with Crippen LogP contribution < -0.4 is 5.32 Å². The van der Waals surface area contributed by atoms with Crippen LogP contribution >= 0.6 is 0 Å². The SMILES string of the molecule is Cc1cnc(C(=O)N(C)[C@H](C(=O)Nc2ccc(C(C)C)cc2)c2ccccc2)cn1. The highest BCUT2D eigenvalue weighted by atomic mass is 16.2. The summed E-state index contributed by atoms with van der Waals surface area (Å²) in [6.07, 6.45) is 2.97. The van der Waals surface area contributed by atoms with Gasteiger partial charge in [0.05, 0.1) is 11.9 Å². The molecule has 3 rings (SSSR count). The van der Waals surface area contributed by atoms with Crippen molar-refractivity contribution >= 4 is 17.5 Å². The van der Waals surface area contributed by atoms with Crippen molar-refractivity contribution in [3.8, 4) is 0 Å². The lowest BCUT2D eigenvalue weighted by Gasteiger charge is -2.27. The zero-order valence-corrected chi connectivity index (χ0v) is 17.7. The molecule has 3 aromatic rings. The van der Waals surface area contributed by atoms with Gasteiger partial charge in [0.15, 0.2) is 0 Å². The van der Waals surface area contributed by atoms with Gasteiger partial charge in [-0.05, 0) is 36.1 Å². The van der Waals surface area contributed by atoms with E-state index in [1.54, 1.807) is 14.0 Å². The molecule has 1 aromatic heterocycles. The molecule has 0 bridgehead atoms. The molecule has 0 saturated heterocycles. The van der Waals surface area contributed by atoms with Gasteiger partial charge in [-0.15, -0.1) is 0 Å². The van der Waals surface area contributed by atoms with Crippen LogP contribution in [0.3, 0.4) is 0 Å². The summed E-state index contributed by atoms with van der Waals surface area (Å²) in [5.41, 5.74) is 3.50. The summed E-state index contributed by atoms with van der Waals surface area (Å²) in [7, 11) is 1.60. The molecule has 0 saturated carbocycles. The van der Waals surface area contributed by atoms with E-state index in [1.807, 2.05) is 54.6 Å². The Morgan fingerprint density at radius 2 is 1.57 bits per heavy atom. The minimum Gasteiger partial charge on any atom is -0.324 e. The van der Waals surface area contributed by atoms with E-state index in [2.05, 4.69) is 29.1 Å². The molecule has 0 spiro atoms. The Kier molecular flexibility index (Phi) is 6.57. The number of aryl methyl sites for hydroxylation is 1. The van der Waals surface area contributed by atoms with E-state index in [0.29, 0.717) is 17.2 Å². The summed E-state index contributed by atoms with van der Waals surface area (Å²) in [6.45, 7) is 6.04. The van der Waals surface area contributed by atoms with Gasteiger partial charge in [-0.25, -0.2) is 4.98 Å². The molecule has 1 N–H and O–H groups in total. The first-order chi connectivity index (χ1) is 14.4. The molecule has 0 aliphatic rings. The van der Waals surface area contributed by atoms with Crippen molar-refractivity contribution in [3.05, 3.63) is 89.5 Å². The summed E-state index contributed by atoms with van der Waals surface area (Å²) >= 11 is 0. The Hall–Kier alpha value is -3.54. The van der Waals surface area contributed by atoms with Crippen molar-refractivity contribution < 1.29 is 9.59 Å². The first kappa shape index (κ1) is 21.2. The molecule has 2 amide bonds. The first-order valence-corrected chi connectivity index (χ1v) is 9.88. The maximum atomic E-state index is 13.2. The zero-order chi connectivity index (χ0) is 21.7. The van der Waals surface area contributed by atoms with Crippen molar-refractivity contribution in [1.82, 2.24) is 14.9 Å². The molecule has 6 heteroatoms. The average molecular weight is 402 g/mol. The number of benzene rings is 2. The number of nitrogens with one attached hydrogen (secondary N) is 1. The second-order valence-corrected chi connectivity index (χ2v) is 7.54. The van der Waals surface area contributed by atoms with Crippen molar-refractivity contribution in [2.75, 3.05) is 12.4 Å². The molecule has 0 unspecified atom stereocenters. The first-order valence-electron chi connectivity index (χ1n) is 9.88. The van der Waals surface area contributed by atoms with E-state index >= 15 is 0 Å². The predicted octanol–water partition coefficient (Wildman–Crippen LogP) is 4.36. The summed E-state index contributed by atoms with van der Waals surface area (Å²) in [5.74, 6) is -0.262. The fourth-order valence-electron chi connectivity index (χ4n) is 3.15. The van der Waals surface area contributed by atoms with Gasteiger partial charge in [-0.1, -0.05) is 56.3 Å². The van der Waals surface area contributed by atoms with Gasteiger partial charge in [0.1, 0.15) is 11.7 Å². The fourth-order valence-corrected chi connectivity index (χ4v) is 3.15. The molecule has 0 fully saturated rings. The van der Waals surface area contributed by atoms with Gasteiger partial charge < -0.3 is 10.2 Å². The van der Waals surface area contributed by atoms with Crippen LogP contribution in [0.1, 0.15) is 53.1 Å². The summed E-state index contributed by atoms with van der Waals surface area (Å²) < 4.78 is 0. The van der Waals surface area contributed by atoms with Gasteiger partial charge in [-0.2, -0.15) is 0 Å². The normalized spacial score (nSPS) is 11.8. The Labute approximate surface area is 177 Å². The van der Waals surface area contributed by atoms with E-state index < -0.39 is 6.04 Å². The quantitative estimate of drug-likeness (QED) is 0.665. The number of likely N-dealkylation sites (N-methyl/N-ethyl adjacent to an activating group) is 1. The molecule has 0 radical (unpaired) electrons. The molecular formula is C24H26N4O2. The number of aromatic nitrogens is 2. The highest BCUT2D eigenvalue weighted by Crippen LogP contribution is 2.24. The van der Waals surface area contributed by atoms with Gasteiger partial charge in [0.2, 0.25) is 0 Å². The highest BCUT2D eigenvalue weighted by molar-refractivity contribution is 6.00. The lowest BCUT2D eigenvalue weighted by Crippen LogP contribution is -2.39. The molecule has 154 valence electrons. The van der Waals surface area contributed by atoms with Crippen LogP contribution in [0.5, 0.6) is 0 Å². The van der Waals surface area contributed by atoms with E-state index in [9.17, 15) is 9.59 Å². The van der Waals surface area contributed by atoms with Crippen LogP contribution in [-0.2, 0) is 4.79 Å². The molecule has 0 aliphatic carbocycles. The molecule has 0 aliphatic heterocycles. The van der Waals surface area contributed by atoms with E-state index in [4.69, 9.17) is 0 Å². The lowest BCUT2D eigenvalue weighted by atomic mass is 10.0. The van der Waals surface area contributed by atoms with Crippen molar-refractivity contribution in [2.45, 2.75) is 32.7 Å². The molecule has 1 heterocycles. The lowest BCUT2D eigenvalue weighted by molar-refractivity contribution is -0.120. The maximum absolute atomic E-state index is 13.2. The topological polar surface area (TPSA) is 75.2 Å². The number of nitrogens with zero attached hydrogens (tertiary/aromatic N) is 3. The molecule has 6 nitrogen and oxygen atoms in total. The van der Waals surface area contributed by atoms with Gasteiger partial charge >= 0.3 is 0 Å². The third kappa shape index (κ3) is 4.89. The van der Waals surface area contributed by atoms with Crippen molar-refractivity contribution in [1.29, 1.82) is 0 Å². The minimum atomic E-state index is -0.813. The Morgan fingerprint density at radius 3 is 2.13 bits per heavy atom. The van der Waals surface area contributed by atoms with Gasteiger partial charge in [0.25, 0.3) is 11.8 Å². The zero-order valence-electron chi connectivity index (χ0n) is 17.7. The number of hydrogen-bond acceptors (Lipinski definition) is 4. The summed E-state index contributed by atoms with van der Waals surface area (Å²) in [5, 5.41) is 2.93. The van der Waals surface area contributed by atoms with Crippen LogP contribution in [0.4, 0.5) is 5.69 Å². The molecular weight excluding hydrogens is 376 g/mol. The van der Waals surface area contributed by atoms with Crippen LogP contribution in [-0.4, -0.2) is 33.7 Å². The number of carbonyl (C=O) groups is 2. The van der Waals surface area contributed by atoms with Crippen molar-refractivity contribution in [2.24, 2.45) is 0 Å². The number of rotatable bonds is 6. The Morgan fingerprint density at radius 1 is 0.900 bits per heavy atom. The number of carbonyl (C=O) groups excluding carboxylic acids is 2. The second kappa shape index (κ2) is 9.31. The summed E-state index contributed by atoms with van der Waals surface area (Å²) in [6, 6.07) is 16.2. The molecule has 30 heavy (non-hydrogen) atoms. The highest BCUT2D eigenvalue weighted by Gasteiger charge is 2.30. The molecule has 1 atom stereocenters. The minimum absolute atomic E-state index is 0.193. The Bertz CT molecular complexity index is 1000. The number of amides is 2. The van der Waals surface area contributed by atoms with Crippen molar-refractivity contribution in [3.63, 3.8) is 0 Å².